The molecule has 0 aliphatic carbocycles. The molecule has 1 aliphatic heterocycles. The molecule has 4 heterocycles. The van der Waals surface area contributed by atoms with Crippen molar-refractivity contribution in [1.82, 2.24) is 24.9 Å². The molecule has 3 aromatic heterocycles. The topological polar surface area (TPSA) is 96.7 Å². The van der Waals surface area contributed by atoms with E-state index in [2.05, 4.69) is 26.3 Å². The molecule has 1 aromatic carbocycles. The molecule has 4 aromatic rings. The lowest BCUT2D eigenvalue weighted by atomic mass is 9.99. The van der Waals surface area contributed by atoms with Crippen LogP contribution in [0.5, 0.6) is 0 Å². The molecule has 1 aliphatic rings. The first-order valence-corrected chi connectivity index (χ1v) is 10.5. The van der Waals surface area contributed by atoms with Crippen molar-refractivity contribution in [3.05, 3.63) is 66.1 Å². The second-order valence-corrected chi connectivity index (χ2v) is 7.80. The smallest absolute Gasteiger partial charge is 0.183 e. The Balaban J connectivity index is 1.51. The fourth-order valence-corrected chi connectivity index (χ4v) is 3.91. The molecule has 33 heavy (non-hydrogen) atoms. The van der Waals surface area contributed by atoms with Crippen LogP contribution in [0.15, 0.2) is 53.4 Å². The third kappa shape index (κ3) is 4.17. The Morgan fingerprint density at radius 1 is 1.09 bits per heavy atom. The molecule has 0 unspecified atom stereocenters. The molecule has 8 nitrogen and oxygen atoms in total. The standard InChI is InChI=1S/C23H19F2N7O/c24-17-4-2-1-3-16(17)14-32-21(19-7-10-33-30-19)11-20(29-32)22-27-13-18(25)23(28-22)31-8-5-15(12-26)6-9-31/h1-4,7,10-11,13,15H,5-6,8-9,14H2. The summed E-state index contributed by atoms with van der Waals surface area (Å²) >= 11 is 0. The zero-order valence-electron chi connectivity index (χ0n) is 17.5. The van der Waals surface area contributed by atoms with Crippen molar-refractivity contribution in [2.24, 2.45) is 5.92 Å². The minimum Gasteiger partial charge on any atom is -0.364 e. The number of benzene rings is 1. The van der Waals surface area contributed by atoms with Gasteiger partial charge in [0.2, 0.25) is 0 Å². The van der Waals surface area contributed by atoms with Gasteiger partial charge < -0.3 is 9.42 Å². The van der Waals surface area contributed by atoms with Crippen LogP contribution in [0.25, 0.3) is 22.9 Å². The van der Waals surface area contributed by atoms with E-state index in [0.29, 0.717) is 48.6 Å². The lowest BCUT2D eigenvalue weighted by molar-refractivity contribution is 0.421. The van der Waals surface area contributed by atoms with Crippen LogP contribution >= 0.6 is 0 Å². The average Bonchev–Trinajstić information content (AvgIpc) is 3.51. The van der Waals surface area contributed by atoms with Crippen LogP contribution in [-0.2, 0) is 6.54 Å². The van der Waals surface area contributed by atoms with E-state index in [1.807, 2.05) is 4.90 Å². The number of nitrogens with zero attached hydrogens (tertiary/aromatic N) is 7. The van der Waals surface area contributed by atoms with E-state index in [1.54, 1.807) is 35.0 Å². The quantitative estimate of drug-likeness (QED) is 0.455. The molecule has 0 saturated carbocycles. The van der Waals surface area contributed by atoms with E-state index < -0.39 is 5.82 Å². The van der Waals surface area contributed by atoms with Crippen LogP contribution in [0, 0.1) is 28.9 Å². The maximum absolute atomic E-state index is 14.6. The third-order valence-corrected chi connectivity index (χ3v) is 5.69. The summed E-state index contributed by atoms with van der Waals surface area (Å²) in [4.78, 5) is 10.4. The maximum Gasteiger partial charge on any atom is 0.183 e. The number of rotatable bonds is 5. The van der Waals surface area contributed by atoms with Crippen LogP contribution in [-0.4, -0.2) is 38.0 Å². The summed E-state index contributed by atoms with van der Waals surface area (Å²) in [5, 5.41) is 17.7. The minimum absolute atomic E-state index is 0.0234. The van der Waals surface area contributed by atoms with E-state index in [1.165, 1.54) is 12.3 Å². The highest BCUT2D eigenvalue weighted by Gasteiger charge is 2.24. The predicted octanol–water partition coefficient (Wildman–Crippen LogP) is 4.06. The van der Waals surface area contributed by atoms with Gasteiger partial charge in [0.15, 0.2) is 17.5 Å². The van der Waals surface area contributed by atoms with Crippen molar-refractivity contribution in [2.75, 3.05) is 18.0 Å². The van der Waals surface area contributed by atoms with Crippen molar-refractivity contribution < 1.29 is 13.3 Å². The Morgan fingerprint density at radius 2 is 1.91 bits per heavy atom. The summed E-state index contributed by atoms with van der Waals surface area (Å²) in [6.07, 6.45) is 3.87. The number of aromatic nitrogens is 5. The van der Waals surface area contributed by atoms with Gasteiger partial charge in [0.1, 0.15) is 23.5 Å². The number of hydrogen-bond donors (Lipinski definition) is 0. The molecular formula is C23H19F2N7O. The minimum atomic E-state index is -0.531. The normalized spacial score (nSPS) is 14.4. The monoisotopic (exact) mass is 447 g/mol. The Kier molecular flexibility index (Phi) is 5.52. The molecule has 5 rings (SSSR count). The lowest BCUT2D eigenvalue weighted by Gasteiger charge is -2.30. The van der Waals surface area contributed by atoms with Crippen molar-refractivity contribution >= 4 is 5.82 Å². The molecule has 1 fully saturated rings. The number of nitriles is 1. The second-order valence-electron chi connectivity index (χ2n) is 7.80. The largest absolute Gasteiger partial charge is 0.364 e. The maximum atomic E-state index is 14.6. The van der Waals surface area contributed by atoms with Gasteiger partial charge in [-0.25, -0.2) is 18.7 Å². The molecule has 0 radical (unpaired) electrons. The van der Waals surface area contributed by atoms with E-state index in [4.69, 9.17) is 9.78 Å². The zero-order valence-corrected chi connectivity index (χ0v) is 17.5. The zero-order chi connectivity index (χ0) is 22.8. The SMILES string of the molecule is N#CC1CCN(c2nc(-c3cc(-c4ccon4)n(Cc4ccccc4F)n3)ncc2F)CC1. The number of anilines is 1. The summed E-state index contributed by atoms with van der Waals surface area (Å²) in [5.41, 5.74) is 1.97. The Labute approximate surface area is 188 Å². The van der Waals surface area contributed by atoms with E-state index in [9.17, 15) is 8.78 Å². The summed E-state index contributed by atoms with van der Waals surface area (Å²) in [6, 6.07) is 12.1. The fraction of sp³-hybridized carbons (Fsp3) is 0.261. The summed E-state index contributed by atoms with van der Waals surface area (Å²) in [6.45, 7) is 1.24. The van der Waals surface area contributed by atoms with Crippen molar-refractivity contribution in [1.29, 1.82) is 5.26 Å². The van der Waals surface area contributed by atoms with Crippen LogP contribution in [0.3, 0.4) is 0 Å². The van der Waals surface area contributed by atoms with Crippen LogP contribution < -0.4 is 4.90 Å². The van der Waals surface area contributed by atoms with Gasteiger partial charge in [-0.1, -0.05) is 23.4 Å². The lowest BCUT2D eigenvalue weighted by Crippen LogP contribution is -2.34. The average molecular weight is 447 g/mol. The van der Waals surface area contributed by atoms with Gasteiger partial charge in [-0.3, -0.25) is 4.68 Å². The Morgan fingerprint density at radius 3 is 2.64 bits per heavy atom. The number of piperidine rings is 1. The van der Waals surface area contributed by atoms with Gasteiger partial charge >= 0.3 is 0 Å². The van der Waals surface area contributed by atoms with Gasteiger partial charge in [0, 0.05) is 30.6 Å². The highest BCUT2D eigenvalue weighted by atomic mass is 19.1. The number of halogens is 2. The predicted molar refractivity (Wildman–Crippen MR) is 115 cm³/mol. The highest BCUT2D eigenvalue weighted by molar-refractivity contribution is 5.63. The fourth-order valence-electron chi connectivity index (χ4n) is 3.91. The molecule has 0 atom stereocenters. The van der Waals surface area contributed by atoms with E-state index in [0.717, 1.165) is 6.20 Å². The second kappa shape index (κ2) is 8.78. The van der Waals surface area contributed by atoms with Gasteiger partial charge in [0.05, 0.1) is 24.5 Å². The van der Waals surface area contributed by atoms with Gasteiger partial charge in [0.25, 0.3) is 0 Å². The molecule has 166 valence electrons. The van der Waals surface area contributed by atoms with Crippen molar-refractivity contribution in [3.63, 3.8) is 0 Å². The molecule has 0 N–H and O–H groups in total. The first-order chi connectivity index (χ1) is 16.1. The first-order valence-electron chi connectivity index (χ1n) is 10.5. The van der Waals surface area contributed by atoms with Gasteiger partial charge in [-0.2, -0.15) is 10.4 Å². The van der Waals surface area contributed by atoms with Crippen LogP contribution in [0.2, 0.25) is 0 Å². The summed E-state index contributed by atoms with van der Waals surface area (Å²) in [5.74, 6) is -0.475. The van der Waals surface area contributed by atoms with E-state index >= 15 is 0 Å². The molecule has 1 saturated heterocycles. The summed E-state index contributed by atoms with van der Waals surface area (Å²) < 4.78 is 35.4. The molecule has 10 heteroatoms. The molecular weight excluding hydrogens is 428 g/mol. The van der Waals surface area contributed by atoms with Crippen LogP contribution in [0.4, 0.5) is 14.6 Å². The highest BCUT2D eigenvalue weighted by Crippen LogP contribution is 2.28. The van der Waals surface area contributed by atoms with E-state index in [-0.39, 0.29) is 29.9 Å². The number of hydrogen-bond acceptors (Lipinski definition) is 7. The van der Waals surface area contributed by atoms with Crippen molar-refractivity contribution in [3.8, 4) is 29.0 Å². The third-order valence-electron chi connectivity index (χ3n) is 5.69. The summed E-state index contributed by atoms with van der Waals surface area (Å²) in [7, 11) is 0. The molecule has 0 bridgehead atoms. The Hall–Kier alpha value is -4.13. The molecule has 0 amide bonds. The molecule has 0 spiro atoms. The first kappa shape index (κ1) is 20.8. The van der Waals surface area contributed by atoms with Crippen molar-refractivity contribution in [2.45, 2.75) is 19.4 Å². The Bertz CT molecular complexity index is 1300. The van der Waals surface area contributed by atoms with Crippen LogP contribution in [0.1, 0.15) is 18.4 Å². The van der Waals surface area contributed by atoms with Gasteiger partial charge in [-0.15, -0.1) is 0 Å². The van der Waals surface area contributed by atoms with Gasteiger partial charge in [-0.05, 0) is 25.0 Å².